The van der Waals surface area contributed by atoms with Crippen molar-refractivity contribution in [3.8, 4) is 0 Å². The molecule has 4 rings (SSSR count). The van der Waals surface area contributed by atoms with Crippen LogP contribution in [0.25, 0.3) is 11.0 Å². The molecular formula is C21H21N3O3. The van der Waals surface area contributed by atoms with Gasteiger partial charge in [-0.05, 0) is 43.2 Å². The zero-order valence-electron chi connectivity index (χ0n) is 14.9. The number of hydrogen-bond acceptors (Lipinski definition) is 3. The summed E-state index contributed by atoms with van der Waals surface area (Å²) in [5.74, 6) is -0.592. The van der Waals surface area contributed by atoms with Gasteiger partial charge in [0.2, 0.25) is 5.95 Å². The minimum Gasteiger partial charge on any atom is -0.478 e. The maximum Gasteiger partial charge on any atom is 0.335 e. The molecule has 0 aliphatic heterocycles. The van der Waals surface area contributed by atoms with Gasteiger partial charge < -0.3 is 10.1 Å². The Morgan fingerprint density at radius 2 is 1.74 bits per heavy atom. The Morgan fingerprint density at radius 1 is 1.00 bits per heavy atom. The van der Waals surface area contributed by atoms with Gasteiger partial charge in [0, 0.05) is 11.6 Å². The van der Waals surface area contributed by atoms with Gasteiger partial charge in [0.15, 0.2) is 0 Å². The molecule has 1 amide bonds. The first kappa shape index (κ1) is 17.3. The number of amides is 1. The molecule has 1 fully saturated rings. The van der Waals surface area contributed by atoms with Crippen LogP contribution in [0.4, 0.5) is 5.95 Å². The quantitative estimate of drug-likeness (QED) is 0.726. The smallest absolute Gasteiger partial charge is 0.335 e. The average Bonchev–Trinajstić information content (AvgIpc) is 3.12. The van der Waals surface area contributed by atoms with E-state index in [1.165, 1.54) is 12.5 Å². The lowest BCUT2D eigenvalue weighted by atomic mass is 9.94. The molecule has 1 aliphatic rings. The second kappa shape index (κ2) is 7.23. The number of carbonyl (C=O) groups excluding carboxylic acids is 1. The number of rotatable bonds is 4. The van der Waals surface area contributed by atoms with E-state index in [2.05, 4.69) is 9.97 Å². The maximum absolute atomic E-state index is 13.3. The average molecular weight is 363 g/mol. The van der Waals surface area contributed by atoms with Crippen molar-refractivity contribution < 1.29 is 14.7 Å². The molecule has 0 spiro atoms. The fraction of sp³-hybridized carbons (Fsp3) is 0.286. The maximum atomic E-state index is 13.3. The summed E-state index contributed by atoms with van der Waals surface area (Å²) in [6.07, 6.45) is 5.25. The Balaban J connectivity index is 1.76. The van der Waals surface area contributed by atoms with Gasteiger partial charge in [-0.15, -0.1) is 0 Å². The molecule has 0 saturated heterocycles. The van der Waals surface area contributed by atoms with Crippen molar-refractivity contribution in [1.29, 1.82) is 0 Å². The van der Waals surface area contributed by atoms with Crippen molar-refractivity contribution in [3.05, 3.63) is 59.7 Å². The van der Waals surface area contributed by atoms with Crippen LogP contribution in [0, 0.1) is 0 Å². The number of aromatic nitrogens is 2. The molecule has 0 atom stereocenters. The Kier molecular flexibility index (Phi) is 4.62. The Bertz CT molecular complexity index is 975. The van der Waals surface area contributed by atoms with Gasteiger partial charge in [-0.25, -0.2) is 9.78 Å². The van der Waals surface area contributed by atoms with Gasteiger partial charge in [0.1, 0.15) is 0 Å². The summed E-state index contributed by atoms with van der Waals surface area (Å²) in [7, 11) is 0. The van der Waals surface area contributed by atoms with Crippen LogP contribution in [0.2, 0.25) is 0 Å². The fourth-order valence-electron chi connectivity index (χ4n) is 3.74. The number of H-pyrrole nitrogens is 1. The van der Waals surface area contributed by atoms with E-state index >= 15 is 0 Å². The first-order chi connectivity index (χ1) is 13.1. The highest BCUT2D eigenvalue weighted by molar-refractivity contribution is 6.06. The van der Waals surface area contributed by atoms with Gasteiger partial charge in [-0.3, -0.25) is 9.69 Å². The SMILES string of the molecule is O=C(O)c1ccc2nc(N(C(=O)c3ccccc3)C3CCCCC3)[nH]c2c1. The van der Waals surface area contributed by atoms with Crippen LogP contribution < -0.4 is 4.90 Å². The van der Waals surface area contributed by atoms with Crippen LogP contribution >= 0.6 is 0 Å². The van der Waals surface area contributed by atoms with Crippen molar-refractivity contribution >= 4 is 28.9 Å². The third-order valence-electron chi connectivity index (χ3n) is 5.12. The second-order valence-electron chi connectivity index (χ2n) is 6.93. The molecule has 6 nitrogen and oxygen atoms in total. The van der Waals surface area contributed by atoms with Crippen LogP contribution in [0.3, 0.4) is 0 Å². The van der Waals surface area contributed by atoms with Crippen LogP contribution in [-0.4, -0.2) is 33.0 Å². The number of aromatic carboxylic acids is 1. The molecule has 138 valence electrons. The third-order valence-corrected chi connectivity index (χ3v) is 5.12. The molecule has 2 N–H and O–H groups in total. The molecule has 6 heteroatoms. The van der Waals surface area contributed by atoms with E-state index in [9.17, 15) is 14.7 Å². The number of carboxylic acids is 1. The highest BCUT2D eigenvalue weighted by Crippen LogP contribution is 2.29. The second-order valence-corrected chi connectivity index (χ2v) is 6.93. The number of hydrogen-bond donors (Lipinski definition) is 2. The first-order valence-electron chi connectivity index (χ1n) is 9.25. The van der Waals surface area contributed by atoms with Crippen molar-refractivity contribution in [2.24, 2.45) is 0 Å². The van der Waals surface area contributed by atoms with Crippen molar-refractivity contribution in [2.75, 3.05) is 4.90 Å². The molecule has 1 aromatic heterocycles. The molecule has 3 aromatic rings. The van der Waals surface area contributed by atoms with E-state index in [1.54, 1.807) is 17.0 Å². The van der Waals surface area contributed by atoms with Crippen molar-refractivity contribution in [3.63, 3.8) is 0 Å². The molecule has 1 aliphatic carbocycles. The third kappa shape index (κ3) is 3.43. The van der Waals surface area contributed by atoms with Crippen LogP contribution in [-0.2, 0) is 0 Å². The summed E-state index contributed by atoms with van der Waals surface area (Å²) in [6, 6.07) is 14.0. The first-order valence-corrected chi connectivity index (χ1v) is 9.25. The number of carboxylic acid groups (broad SMARTS) is 1. The van der Waals surface area contributed by atoms with Crippen molar-refractivity contribution in [2.45, 2.75) is 38.1 Å². The summed E-state index contributed by atoms with van der Waals surface area (Å²) in [5.41, 5.74) is 2.08. The highest BCUT2D eigenvalue weighted by Gasteiger charge is 2.30. The van der Waals surface area contributed by atoms with E-state index < -0.39 is 5.97 Å². The summed E-state index contributed by atoms with van der Waals surface area (Å²) in [4.78, 5) is 34.0. The number of benzene rings is 2. The minimum absolute atomic E-state index is 0.0833. The normalized spacial score (nSPS) is 15.0. The Morgan fingerprint density at radius 3 is 2.44 bits per heavy atom. The standard InChI is InChI=1S/C21H21N3O3/c25-19(14-7-3-1-4-8-14)24(16-9-5-2-6-10-16)21-22-17-12-11-15(20(26)27)13-18(17)23-21/h1,3-4,7-8,11-13,16H,2,5-6,9-10H2,(H,22,23)(H,26,27). The van der Waals surface area contributed by atoms with E-state index in [1.807, 2.05) is 30.3 Å². The van der Waals surface area contributed by atoms with Gasteiger partial charge in [-0.2, -0.15) is 0 Å². The predicted octanol–water partition coefficient (Wildman–Crippen LogP) is 4.24. The molecule has 27 heavy (non-hydrogen) atoms. The number of imidazole rings is 1. The topological polar surface area (TPSA) is 86.3 Å². The fourth-order valence-corrected chi connectivity index (χ4v) is 3.74. The summed E-state index contributed by atoms with van der Waals surface area (Å²) >= 11 is 0. The van der Waals surface area contributed by atoms with Gasteiger partial charge in [0.05, 0.1) is 16.6 Å². The van der Waals surface area contributed by atoms with E-state index in [-0.39, 0.29) is 17.5 Å². The largest absolute Gasteiger partial charge is 0.478 e. The van der Waals surface area contributed by atoms with Gasteiger partial charge in [-0.1, -0.05) is 37.5 Å². The molecular weight excluding hydrogens is 342 g/mol. The summed E-state index contributed by atoms with van der Waals surface area (Å²) < 4.78 is 0. The number of anilines is 1. The number of aromatic amines is 1. The molecule has 1 heterocycles. The molecule has 0 bridgehead atoms. The van der Waals surface area contributed by atoms with E-state index in [4.69, 9.17) is 0 Å². The Hall–Kier alpha value is -3.15. The van der Waals surface area contributed by atoms with Crippen LogP contribution in [0.1, 0.15) is 52.8 Å². The van der Waals surface area contributed by atoms with E-state index in [0.29, 0.717) is 22.5 Å². The minimum atomic E-state index is -0.988. The Labute approximate surface area is 156 Å². The molecule has 0 unspecified atom stereocenters. The molecule has 2 aromatic carbocycles. The number of nitrogens with zero attached hydrogens (tertiary/aromatic N) is 2. The monoisotopic (exact) mass is 363 g/mol. The number of carbonyl (C=O) groups is 2. The zero-order valence-corrected chi connectivity index (χ0v) is 14.9. The summed E-state index contributed by atoms with van der Waals surface area (Å²) in [5, 5.41) is 9.20. The number of fused-ring (bicyclic) bond motifs is 1. The molecule has 1 saturated carbocycles. The predicted molar refractivity (Wildman–Crippen MR) is 103 cm³/mol. The van der Waals surface area contributed by atoms with Gasteiger partial charge >= 0.3 is 5.97 Å². The van der Waals surface area contributed by atoms with Crippen LogP contribution in [0.5, 0.6) is 0 Å². The highest BCUT2D eigenvalue weighted by atomic mass is 16.4. The van der Waals surface area contributed by atoms with Gasteiger partial charge in [0.25, 0.3) is 5.91 Å². The lowest BCUT2D eigenvalue weighted by Gasteiger charge is -2.32. The lowest BCUT2D eigenvalue weighted by molar-refractivity contribution is 0.0696. The number of nitrogens with one attached hydrogen (secondary N) is 1. The summed E-state index contributed by atoms with van der Waals surface area (Å²) in [6.45, 7) is 0. The lowest BCUT2D eigenvalue weighted by Crippen LogP contribution is -2.42. The van der Waals surface area contributed by atoms with E-state index in [0.717, 1.165) is 25.7 Å². The van der Waals surface area contributed by atoms with Crippen LogP contribution in [0.15, 0.2) is 48.5 Å². The van der Waals surface area contributed by atoms with Crippen molar-refractivity contribution in [1.82, 2.24) is 9.97 Å². The zero-order chi connectivity index (χ0) is 18.8. The molecule has 0 radical (unpaired) electrons.